The predicted molar refractivity (Wildman–Crippen MR) is 120 cm³/mol. The zero-order chi connectivity index (χ0) is 23.4. The van der Waals surface area contributed by atoms with Crippen molar-refractivity contribution in [3.05, 3.63) is 71.8 Å². The Balaban J connectivity index is 1.55. The number of hydrogen-bond donors (Lipinski definition) is 6. The maximum Gasteiger partial charge on any atom is 0.111 e. The van der Waals surface area contributed by atoms with E-state index in [2.05, 4.69) is 9.80 Å². The Labute approximate surface area is 193 Å². The summed E-state index contributed by atoms with van der Waals surface area (Å²) in [5.41, 5.74) is 0.878. The molecule has 0 amide bonds. The summed E-state index contributed by atoms with van der Waals surface area (Å²) >= 11 is 0. The van der Waals surface area contributed by atoms with Crippen LogP contribution in [0.3, 0.4) is 0 Å². The SMILES string of the molecule is OC[C@@H](O)[C@@H](O)[C@@H](O)[C@@H](O)C1N2CC3(c4ccccc4)CN1CC(c1ccccc1)(C2)C3O. The molecule has 0 spiro atoms. The first kappa shape index (κ1) is 22.9. The first-order valence-corrected chi connectivity index (χ1v) is 11.4. The molecular formula is C25H32N2O6. The van der Waals surface area contributed by atoms with Gasteiger partial charge in [0.05, 0.1) is 18.9 Å². The molecule has 8 nitrogen and oxygen atoms in total. The lowest BCUT2D eigenvalue weighted by atomic mass is 9.54. The van der Waals surface area contributed by atoms with Crippen molar-refractivity contribution in [2.75, 3.05) is 32.8 Å². The van der Waals surface area contributed by atoms with E-state index >= 15 is 0 Å². The quantitative estimate of drug-likeness (QED) is 0.301. The fourth-order valence-electron chi connectivity index (χ4n) is 6.51. The van der Waals surface area contributed by atoms with Crippen LogP contribution in [0.1, 0.15) is 11.1 Å². The Morgan fingerprint density at radius 3 is 1.55 bits per heavy atom. The Morgan fingerprint density at radius 1 is 0.727 bits per heavy atom. The third kappa shape index (κ3) is 3.37. The van der Waals surface area contributed by atoms with Crippen LogP contribution >= 0.6 is 0 Å². The van der Waals surface area contributed by atoms with Gasteiger partial charge in [-0.15, -0.1) is 0 Å². The molecule has 6 N–H and O–H groups in total. The van der Waals surface area contributed by atoms with Crippen LogP contribution in [0.5, 0.6) is 0 Å². The first-order valence-electron chi connectivity index (χ1n) is 11.4. The van der Waals surface area contributed by atoms with Crippen LogP contribution in [0.2, 0.25) is 0 Å². The summed E-state index contributed by atoms with van der Waals surface area (Å²) in [5, 5.41) is 62.7. The zero-order valence-corrected chi connectivity index (χ0v) is 18.4. The van der Waals surface area contributed by atoms with Gasteiger partial charge in [0.15, 0.2) is 0 Å². The number of benzene rings is 2. The van der Waals surface area contributed by atoms with E-state index in [4.69, 9.17) is 5.11 Å². The Kier molecular flexibility index (Phi) is 5.83. The maximum absolute atomic E-state index is 11.9. The molecule has 4 saturated heterocycles. The van der Waals surface area contributed by atoms with Crippen molar-refractivity contribution in [3.63, 3.8) is 0 Å². The third-order valence-electron chi connectivity index (χ3n) is 8.02. The van der Waals surface area contributed by atoms with Gasteiger partial charge in [-0.2, -0.15) is 0 Å². The number of piperidine rings is 2. The molecule has 178 valence electrons. The molecule has 6 rings (SSSR count). The second kappa shape index (κ2) is 8.41. The molecule has 0 aliphatic carbocycles. The predicted octanol–water partition coefficient (Wildman–Crippen LogP) is -1.37. The molecular weight excluding hydrogens is 424 g/mol. The van der Waals surface area contributed by atoms with E-state index in [-0.39, 0.29) is 0 Å². The highest BCUT2D eigenvalue weighted by molar-refractivity contribution is 5.42. The molecule has 4 heterocycles. The Hall–Kier alpha value is -1.88. The van der Waals surface area contributed by atoms with E-state index < -0.39 is 54.1 Å². The van der Waals surface area contributed by atoms with E-state index in [1.807, 2.05) is 60.7 Å². The van der Waals surface area contributed by atoms with Crippen molar-refractivity contribution in [2.45, 2.75) is 47.5 Å². The molecule has 33 heavy (non-hydrogen) atoms. The van der Waals surface area contributed by atoms with Crippen LogP contribution < -0.4 is 0 Å². The highest BCUT2D eigenvalue weighted by Gasteiger charge is 2.67. The number of aliphatic hydroxyl groups is 6. The number of rotatable bonds is 7. The highest BCUT2D eigenvalue weighted by Crippen LogP contribution is 2.54. The standard InChI is InChI=1S/C25H32N2O6/c28-11-18(29)19(30)20(31)21(32)22-26-12-24(16-7-3-1-4-8-16)13-27(22)15-25(14-26,23(24)33)17-9-5-2-6-10-17/h1-10,18-23,28-33H,11-15H2/t18-,19-,20-,21-,22?,23?,24?,25?/m1/s1. The van der Waals surface area contributed by atoms with Gasteiger partial charge in [-0.05, 0) is 11.1 Å². The van der Waals surface area contributed by atoms with Gasteiger partial charge in [0.1, 0.15) is 24.4 Å². The summed E-state index contributed by atoms with van der Waals surface area (Å²) in [6.07, 6.45) is -7.49. The summed E-state index contributed by atoms with van der Waals surface area (Å²) in [5.74, 6) is 0. The van der Waals surface area contributed by atoms with Gasteiger partial charge in [0, 0.05) is 37.0 Å². The number of nitrogens with zero attached hydrogens (tertiary/aromatic N) is 2. The summed E-state index contributed by atoms with van der Waals surface area (Å²) in [4.78, 5) is 4.15. The Morgan fingerprint density at radius 2 is 1.15 bits per heavy atom. The van der Waals surface area contributed by atoms with Crippen LogP contribution in [-0.4, -0.2) is 110 Å². The lowest BCUT2D eigenvalue weighted by Gasteiger charge is -2.70. The summed E-state index contributed by atoms with van der Waals surface area (Å²) in [6, 6.07) is 19.8. The van der Waals surface area contributed by atoms with Gasteiger partial charge in [0.25, 0.3) is 0 Å². The molecule has 2 aromatic rings. The van der Waals surface area contributed by atoms with Gasteiger partial charge >= 0.3 is 0 Å². The molecule has 4 atom stereocenters. The van der Waals surface area contributed by atoms with E-state index in [1.165, 1.54) is 0 Å². The van der Waals surface area contributed by atoms with Crippen LogP contribution in [0.25, 0.3) is 0 Å². The lowest BCUT2D eigenvalue weighted by molar-refractivity contribution is -0.244. The van der Waals surface area contributed by atoms with Crippen molar-refractivity contribution < 1.29 is 30.6 Å². The second-order valence-electron chi connectivity index (χ2n) is 9.89. The van der Waals surface area contributed by atoms with E-state index in [1.54, 1.807) is 0 Å². The maximum atomic E-state index is 11.9. The van der Waals surface area contributed by atoms with Crippen molar-refractivity contribution in [1.82, 2.24) is 9.80 Å². The van der Waals surface area contributed by atoms with E-state index in [9.17, 15) is 25.5 Å². The van der Waals surface area contributed by atoms with Crippen LogP contribution in [-0.2, 0) is 10.8 Å². The van der Waals surface area contributed by atoms with Crippen molar-refractivity contribution in [2.24, 2.45) is 0 Å². The van der Waals surface area contributed by atoms with E-state index in [0.29, 0.717) is 26.2 Å². The first-order chi connectivity index (χ1) is 15.8. The van der Waals surface area contributed by atoms with Crippen molar-refractivity contribution >= 4 is 0 Å². The summed E-state index contributed by atoms with van der Waals surface area (Å²) in [7, 11) is 0. The van der Waals surface area contributed by atoms with Crippen molar-refractivity contribution in [3.8, 4) is 0 Å². The average Bonchev–Trinajstić information content (AvgIpc) is 2.85. The molecule has 8 heteroatoms. The zero-order valence-electron chi connectivity index (χ0n) is 18.4. The molecule has 0 radical (unpaired) electrons. The fraction of sp³-hybridized carbons (Fsp3) is 0.520. The lowest BCUT2D eigenvalue weighted by Crippen LogP contribution is -2.85. The minimum Gasteiger partial charge on any atom is -0.394 e. The number of aliphatic hydroxyl groups excluding tert-OH is 6. The molecule has 4 aliphatic rings. The largest absolute Gasteiger partial charge is 0.394 e. The van der Waals surface area contributed by atoms with Gasteiger partial charge in [-0.3, -0.25) is 9.80 Å². The molecule has 0 aromatic heterocycles. The van der Waals surface area contributed by atoms with Crippen LogP contribution in [0.15, 0.2) is 60.7 Å². The van der Waals surface area contributed by atoms with Crippen LogP contribution in [0.4, 0.5) is 0 Å². The van der Waals surface area contributed by atoms with Crippen molar-refractivity contribution in [1.29, 1.82) is 0 Å². The molecule has 4 fully saturated rings. The monoisotopic (exact) mass is 456 g/mol. The Bertz CT molecular complexity index is 884. The van der Waals surface area contributed by atoms with Gasteiger partial charge in [0.2, 0.25) is 0 Å². The normalized spacial score (nSPS) is 38.6. The highest BCUT2D eigenvalue weighted by atomic mass is 16.4. The second-order valence-corrected chi connectivity index (χ2v) is 9.89. The molecule has 4 bridgehead atoms. The van der Waals surface area contributed by atoms with E-state index in [0.717, 1.165) is 11.1 Å². The minimum atomic E-state index is -1.68. The minimum absolute atomic E-state index is 0.482. The topological polar surface area (TPSA) is 128 Å². The molecule has 4 aliphatic heterocycles. The van der Waals surface area contributed by atoms with Gasteiger partial charge in [-0.25, -0.2) is 0 Å². The smallest absolute Gasteiger partial charge is 0.111 e. The molecule has 0 saturated carbocycles. The average molecular weight is 457 g/mol. The van der Waals surface area contributed by atoms with Crippen LogP contribution in [0, 0.1) is 0 Å². The fourth-order valence-corrected chi connectivity index (χ4v) is 6.51. The molecule has 2 aromatic carbocycles. The molecule has 0 unspecified atom stereocenters. The van der Waals surface area contributed by atoms with Gasteiger partial charge < -0.3 is 30.6 Å². The number of hydrogen-bond acceptors (Lipinski definition) is 8. The summed E-state index contributed by atoms with van der Waals surface area (Å²) in [6.45, 7) is 1.21. The summed E-state index contributed by atoms with van der Waals surface area (Å²) < 4.78 is 0. The third-order valence-corrected chi connectivity index (χ3v) is 8.02. The van der Waals surface area contributed by atoms with Gasteiger partial charge in [-0.1, -0.05) is 60.7 Å².